The molecule has 0 bridgehead atoms. The molecule has 0 radical (unpaired) electrons. The van der Waals surface area contributed by atoms with Crippen molar-refractivity contribution in [1.29, 1.82) is 0 Å². The van der Waals surface area contributed by atoms with Crippen molar-refractivity contribution in [2.24, 2.45) is 0 Å². The number of ether oxygens (including phenoxy) is 2. The Balaban J connectivity index is 1.60. The SMILES string of the molecule is COc1cc(NC(=O)COc2ccc(Cl)cc2)ccc1NC(=O)c1cccs1. The molecule has 8 heteroatoms. The quantitative estimate of drug-likeness (QED) is 0.586. The molecule has 2 aromatic carbocycles. The summed E-state index contributed by atoms with van der Waals surface area (Å²) in [5, 5.41) is 7.94. The Hall–Kier alpha value is -3.03. The molecule has 28 heavy (non-hydrogen) atoms. The van der Waals surface area contributed by atoms with Crippen molar-refractivity contribution < 1.29 is 19.1 Å². The van der Waals surface area contributed by atoms with E-state index in [1.807, 2.05) is 11.4 Å². The Morgan fingerprint density at radius 2 is 1.86 bits per heavy atom. The summed E-state index contributed by atoms with van der Waals surface area (Å²) < 4.78 is 10.7. The van der Waals surface area contributed by atoms with Crippen LogP contribution in [0.15, 0.2) is 60.0 Å². The molecule has 0 aliphatic heterocycles. The molecule has 6 nitrogen and oxygen atoms in total. The van der Waals surface area contributed by atoms with Crippen LogP contribution in [0, 0.1) is 0 Å². The monoisotopic (exact) mass is 416 g/mol. The van der Waals surface area contributed by atoms with E-state index in [4.69, 9.17) is 21.1 Å². The van der Waals surface area contributed by atoms with Crippen LogP contribution in [0.5, 0.6) is 11.5 Å². The standard InChI is InChI=1S/C20H17ClN2O4S/c1-26-17-11-14(6-9-16(17)23-20(25)18-3-2-10-28-18)22-19(24)12-27-15-7-4-13(21)5-8-15/h2-11H,12H2,1H3,(H,22,24)(H,23,25). The molecule has 0 saturated heterocycles. The van der Waals surface area contributed by atoms with Crippen LogP contribution in [0.3, 0.4) is 0 Å². The van der Waals surface area contributed by atoms with E-state index in [9.17, 15) is 9.59 Å². The van der Waals surface area contributed by atoms with Crippen LogP contribution in [0.4, 0.5) is 11.4 Å². The van der Waals surface area contributed by atoms with E-state index in [1.54, 1.807) is 48.5 Å². The second-order valence-electron chi connectivity index (χ2n) is 5.64. The van der Waals surface area contributed by atoms with Crippen LogP contribution >= 0.6 is 22.9 Å². The van der Waals surface area contributed by atoms with Gasteiger partial charge in [-0.1, -0.05) is 17.7 Å². The predicted molar refractivity (Wildman–Crippen MR) is 111 cm³/mol. The number of benzene rings is 2. The highest BCUT2D eigenvalue weighted by molar-refractivity contribution is 7.12. The summed E-state index contributed by atoms with van der Waals surface area (Å²) in [5.41, 5.74) is 1.03. The first-order valence-electron chi connectivity index (χ1n) is 8.26. The fraction of sp³-hybridized carbons (Fsp3) is 0.100. The van der Waals surface area contributed by atoms with Gasteiger partial charge in [-0.05, 0) is 47.8 Å². The summed E-state index contributed by atoms with van der Waals surface area (Å²) in [7, 11) is 1.49. The van der Waals surface area contributed by atoms with E-state index in [2.05, 4.69) is 10.6 Å². The van der Waals surface area contributed by atoms with Gasteiger partial charge in [0.2, 0.25) is 0 Å². The van der Waals surface area contributed by atoms with E-state index >= 15 is 0 Å². The third-order valence-corrected chi connectivity index (χ3v) is 4.78. The van der Waals surface area contributed by atoms with Gasteiger partial charge < -0.3 is 20.1 Å². The smallest absolute Gasteiger partial charge is 0.265 e. The number of carbonyl (C=O) groups is 2. The second-order valence-corrected chi connectivity index (χ2v) is 7.02. The van der Waals surface area contributed by atoms with Crippen LogP contribution in [0.1, 0.15) is 9.67 Å². The number of methoxy groups -OCH3 is 1. The van der Waals surface area contributed by atoms with E-state index < -0.39 is 0 Å². The van der Waals surface area contributed by atoms with Gasteiger partial charge in [0, 0.05) is 16.8 Å². The number of carbonyl (C=O) groups excluding carboxylic acids is 2. The van der Waals surface area contributed by atoms with E-state index in [0.717, 1.165) is 0 Å². The second kappa shape index (κ2) is 9.25. The van der Waals surface area contributed by atoms with Crippen molar-refractivity contribution in [3.63, 3.8) is 0 Å². The van der Waals surface area contributed by atoms with Gasteiger partial charge in [0.1, 0.15) is 11.5 Å². The van der Waals surface area contributed by atoms with Crippen LogP contribution < -0.4 is 20.1 Å². The lowest BCUT2D eigenvalue weighted by atomic mass is 10.2. The van der Waals surface area contributed by atoms with Crippen molar-refractivity contribution in [3.05, 3.63) is 69.9 Å². The zero-order valence-electron chi connectivity index (χ0n) is 14.9. The largest absolute Gasteiger partial charge is 0.494 e. The van der Waals surface area contributed by atoms with Crippen LogP contribution in [0.2, 0.25) is 5.02 Å². The molecule has 3 aromatic rings. The molecule has 0 saturated carbocycles. The number of hydrogen-bond donors (Lipinski definition) is 2. The zero-order chi connectivity index (χ0) is 19.9. The molecule has 3 rings (SSSR count). The molecule has 0 aliphatic rings. The highest BCUT2D eigenvalue weighted by Crippen LogP contribution is 2.29. The van der Waals surface area contributed by atoms with Crippen LogP contribution in [-0.2, 0) is 4.79 Å². The molecule has 0 fully saturated rings. The Kier molecular flexibility index (Phi) is 6.52. The van der Waals surface area contributed by atoms with Gasteiger partial charge in [-0.3, -0.25) is 9.59 Å². The first-order chi connectivity index (χ1) is 13.5. The predicted octanol–water partition coefficient (Wildman–Crippen LogP) is 4.68. The topological polar surface area (TPSA) is 76.7 Å². The minimum absolute atomic E-state index is 0.152. The minimum atomic E-state index is -0.327. The number of rotatable bonds is 7. The van der Waals surface area contributed by atoms with Crippen molar-refractivity contribution in [2.45, 2.75) is 0 Å². The maximum atomic E-state index is 12.2. The van der Waals surface area contributed by atoms with Crippen molar-refractivity contribution in [1.82, 2.24) is 0 Å². The summed E-state index contributed by atoms with van der Waals surface area (Å²) >= 11 is 7.16. The minimum Gasteiger partial charge on any atom is -0.494 e. The third-order valence-electron chi connectivity index (χ3n) is 3.66. The van der Waals surface area contributed by atoms with Gasteiger partial charge in [-0.2, -0.15) is 0 Å². The van der Waals surface area contributed by atoms with Gasteiger partial charge in [-0.15, -0.1) is 11.3 Å². The maximum absolute atomic E-state index is 12.2. The average Bonchev–Trinajstić information content (AvgIpc) is 3.23. The normalized spacial score (nSPS) is 10.2. The molecular formula is C20H17ClN2O4S. The van der Waals surface area contributed by atoms with Gasteiger partial charge >= 0.3 is 0 Å². The molecule has 1 heterocycles. The molecule has 144 valence electrons. The Bertz CT molecular complexity index is 959. The lowest BCUT2D eigenvalue weighted by Gasteiger charge is -2.12. The van der Waals surface area contributed by atoms with Gasteiger partial charge in [-0.25, -0.2) is 0 Å². The van der Waals surface area contributed by atoms with Crippen LogP contribution in [0.25, 0.3) is 0 Å². The zero-order valence-corrected chi connectivity index (χ0v) is 16.5. The number of amides is 2. The van der Waals surface area contributed by atoms with Crippen molar-refractivity contribution in [3.8, 4) is 11.5 Å². The van der Waals surface area contributed by atoms with Crippen LogP contribution in [-0.4, -0.2) is 25.5 Å². The van der Waals surface area contributed by atoms with E-state index in [-0.39, 0.29) is 18.4 Å². The fourth-order valence-electron chi connectivity index (χ4n) is 2.34. The summed E-state index contributed by atoms with van der Waals surface area (Å²) in [6.07, 6.45) is 0. The summed E-state index contributed by atoms with van der Waals surface area (Å²) in [4.78, 5) is 24.9. The molecule has 0 unspecified atom stereocenters. The molecule has 0 atom stereocenters. The van der Waals surface area contributed by atoms with E-state index in [0.29, 0.717) is 32.8 Å². The average molecular weight is 417 g/mol. The number of anilines is 2. The summed E-state index contributed by atoms with van der Waals surface area (Å²) in [6, 6.07) is 15.2. The Morgan fingerprint density at radius 3 is 2.54 bits per heavy atom. The molecule has 2 amide bonds. The van der Waals surface area contributed by atoms with Gasteiger partial charge in [0.15, 0.2) is 6.61 Å². The number of hydrogen-bond acceptors (Lipinski definition) is 5. The highest BCUT2D eigenvalue weighted by Gasteiger charge is 2.12. The fourth-order valence-corrected chi connectivity index (χ4v) is 3.09. The molecule has 0 spiro atoms. The Labute approximate surface area is 171 Å². The third kappa shape index (κ3) is 5.25. The molecule has 0 aliphatic carbocycles. The lowest BCUT2D eigenvalue weighted by molar-refractivity contribution is -0.118. The number of halogens is 1. The first-order valence-corrected chi connectivity index (χ1v) is 9.52. The first kappa shape index (κ1) is 19.7. The number of nitrogens with one attached hydrogen (secondary N) is 2. The summed E-state index contributed by atoms with van der Waals surface area (Å²) in [6.45, 7) is -0.152. The molecule has 2 N–H and O–H groups in total. The molecule has 1 aromatic heterocycles. The van der Waals surface area contributed by atoms with Gasteiger partial charge in [0.25, 0.3) is 11.8 Å². The molecular weight excluding hydrogens is 400 g/mol. The number of thiophene rings is 1. The lowest BCUT2D eigenvalue weighted by Crippen LogP contribution is -2.20. The highest BCUT2D eigenvalue weighted by atomic mass is 35.5. The van der Waals surface area contributed by atoms with E-state index in [1.165, 1.54) is 18.4 Å². The van der Waals surface area contributed by atoms with Gasteiger partial charge in [0.05, 0.1) is 17.7 Å². The van der Waals surface area contributed by atoms with Crippen molar-refractivity contribution >= 4 is 46.1 Å². The Morgan fingerprint density at radius 1 is 1.07 bits per heavy atom. The summed E-state index contributed by atoms with van der Waals surface area (Å²) in [5.74, 6) is 0.430. The maximum Gasteiger partial charge on any atom is 0.265 e. The van der Waals surface area contributed by atoms with Crippen molar-refractivity contribution in [2.75, 3.05) is 24.4 Å².